The summed E-state index contributed by atoms with van der Waals surface area (Å²) in [5.74, 6) is 0.761. The molecule has 0 saturated carbocycles. The molecule has 8 nitrogen and oxygen atoms in total. The Balaban J connectivity index is 1.72. The van der Waals surface area contributed by atoms with Gasteiger partial charge in [-0.2, -0.15) is 5.10 Å². The van der Waals surface area contributed by atoms with Crippen molar-refractivity contribution in [3.8, 4) is 17.0 Å². The summed E-state index contributed by atoms with van der Waals surface area (Å²) in [5, 5.41) is 4.54. The molecule has 4 rings (SSSR count). The second kappa shape index (κ2) is 7.77. The third kappa shape index (κ3) is 4.19. The lowest BCUT2D eigenvalue weighted by molar-refractivity contribution is 0.414. The maximum atomic E-state index is 12.9. The first-order valence-electron chi connectivity index (χ1n) is 9.30. The van der Waals surface area contributed by atoms with Gasteiger partial charge in [0.25, 0.3) is 10.0 Å². The van der Waals surface area contributed by atoms with Gasteiger partial charge in [0.15, 0.2) is 9.84 Å². The molecule has 1 aromatic heterocycles. The minimum Gasteiger partial charge on any atom is -0.497 e. The van der Waals surface area contributed by atoms with Crippen molar-refractivity contribution in [1.29, 1.82) is 0 Å². The van der Waals surface area contributed by atoms with E-state index in [1.54, 1.807) is 18.2 Å². The number of hydrogen-bond acceptors (Lipinski definition) is 6. The van der Waals surface area contributed by atoms with E-state index in [9.17, 15) is 16.8 Å². The lowest BCUT2D eigenvalue weighted by Gasteiger charge is -2.14. The van der Waals surface area contributed by atoms with Gasteiger partial charge in [0.05, 0.1) is 35.2 Å². The summed E-state index contributed by atoms with van der Waals surface area (Å²) < 4.78 is 58.9. The zero-order valence-corrected chi connectivity index (χ0v) is 17.9. The Hall–Kier alpha value is -2.85. The van der Waals surface area contributed by atoms with Crippen LogP contribution in [-0.4, -0.2) is 45.2 Å². The van der Waals surface area contributed by atoms with Crippen molar-refractivity contribution in [1.82, 2.24) is 9.78 Å². The predicted octanol–water partition coefficient (Wildman–Crippen LogP) is 2.72. The van der Waals surface area contributed by atoms with Gasteiger partial charge in [-0.05, 0) is 30.7 Å². The Morgan fingerprint density at radius 1 is 1.10 bits per heavy atom. The van der Waals surface area contributed by atoms with Crippen LogP contribution in [0.2, 0.25) is 0 Å². The van der Waals surface area contributed by atoms with Crippen LogP contribution in [0.3, 0.4) is 0 Å². The first-order valence-corrected chi connectivity index (χ1v) is 12.6. The van der Waals surface area contributed by atoms with Gasteiger partial charge in [0, 0.05) is 11.6 Å². The first kappa shape index (κ1) is 20.4. The van der Waals surface area contributed by atoms with E-state index >= 15 is 0 Å². The Morgan fingerprint density at radius 3 is 2.40 bits per heavy atom. The number of aromatic nitrogens is 2. The third-order valence-electron chi connectivity index (χ3n) is 4.97. The van der Waals surface area contributed by atoms with Gasteiger partial charge in [-0.1, -0.05) is 30.3 Å². The summed E-state index contributed by atoms with van der Waals surface area (Å²) in [7, 11) is -5.57. The smallest absolute Gasteiger partial charge is 0.263 e. The van der Waals surface area contributed by atoms with Crippen molar-refractivity contribution in [2.75, 3.05) is 23.3 Å². The van der Waals surface area contributed by atoms with E-state index in [0.29, 0.717) is 17.9 Å². The number of benzene rings is 2. The number of sulfonamides is 1. The summed E-state index contributed by atoms with van der Waals surface area (Å²) in [6, 6.07) is 16.5. The quantitative estimate of drug-likeness (QED) is 0.623. The zero-order chi connectivity index (χ0) is 21.4. The number of hydrogen-bond donors (Lipinski definition) is 1. The van der Waals surface area contributed by atoms with E-state index in [1.165, 1.54) is 23.9 Å². The Bertz CT molecular complexity index is 1250. The molecular formula is C20H21N3O5S2. The van der Waals surface area contributed by atoms with Crippen LogP contribution in [0.4, 0.5) is 5.82 Å². The molecular weight excluding hydrogens is 426 g/mol. The number of ether oxygens (including phenoxy) is 1. The molecule has 158 valence electrons. The van der Waals surface area contributed by atoms with Crippen molar-refractivity contribution in [3.63, 3.8) is 0 Å². The second-order valence-corrected chi connectivity index (χ2v) is 11.0. The van der Waals surface area contributed by atoms with Gasteiger partial charge in [0.2, 0.25) is 0 Å². The van der Waals surface area contributed by atoms with Crippen LogP contribution in [0.15, 0.2) is 65.6 Å². The molecule has 0 bridgehead atoms. The standard InChI is InChI=1S/C20H21N3O5S2/c1-28-17-7-9-18(10-8-17)30(26,27)22-20-13-19(15-5-3-2-4-6-15)21-23(20)16-11-12-29(24,25)14-16/h2-10,13,16,22H,11-12,14H2,1H3/t16-/m1/s1. The van der Waals surface area contributed by atoms with Crippen LogP contribution in [-0.2, 0) is 19.9 Å². The van der Waals surface area contributed by atoms with Crippen LogP contribution in [0.25, 0.3) is 11.3 Å². The molecule has 1 fully saturated rings. The van der Waals surface area contributed by atoms with Gasteiger partial charge in [0.1, 0.15) is 11.6 Å². The number of sulfone groups is 1. The Morgan fingerprint density at radius 2 is 1.80 bits per heavy atom. The summed E-state index contributed by atoms with van der Waals surface area (Å²) in [5.41, 5.74) is 1.37. The van der Waals surface area contributed by atoms with Crippen molar-refractivity contribution >= 4 is 25.7 Å². The van der Waals surface area contributed by atoms with Crippen LogP contribution >= 0.6 is 0 Å². The largest absolute Gasteiger partial charge is 0.497 e. The highest BCUT2D eigenvalue weighted by molar-refractivity contribution is 7.92. The SMILES string of the molecule is COc1ccc(S(=O)(=O)Nc2cc(-c3ccccc3)nn2[C@@H]2CCS(=O)(=O)C2)cc1. The Kier molecular flexibility index (Phi) is 5.29. The van der Waals surface area contributed by atoms with Gasteiger partial charge in [-0.3, -0.25) is 4.72 Å². The van der Waals surface area contributed by atoms with Crippen molar-refractivity contribution < 1.29 is 21.6 Å². The Labute approximate surface area is 175 Å². The minimum atomic E-state index is -3.90. The highest BCUT2D eigenvalue weighted by Crippen LogP contribution is 2.31. The lowest BCUT2D eigenvalue weighted by atomic mass is 10.2. The van der Waals surface area contributed by atoms with Crippen LogP contribution in [0.1, 0.15) is 12.5 Å². The molecule has 2 aromatic carbocycles. The molecule has 0 radical (unpaired) electrons. The van der Waals surface area contributed by atoms with Gasteiger partial charge >= 0.3 is 0 Å². The van der Waals surface area contributed by atoms with Gasteiger partial charge in [-0.15, -0.1) is 0 Å². The number of methoxy groups -OCH3 is 1. The van der Waals surface area contributed by atoms with Crippen LogP contribution in [0.5, 0.6) is 5.75 Å². The number of rotatable bonds is 6. The zero-order valence-electron chi connectivity index (χ0n) is 16.2. The molecule has 3 aromatic rings. The molecule has 1 atom stereocenters. The molecule has 1 aliphatic heterocycles. The van der Waals surface area contributed by atoms with Crippen LogP contribution < -0.4 is 9.46 Å². The molecule has 1 saturated heterocycles. The monoisotopic (exact) mass is 447 g/mol. The second-order valence-electron chi connectivity index (χ2n) is 7.06. The molecule has 30 heavy (non-hydrogen) atoms. The van der Waals surface area contributed by atoms with E-state index in [1.807, 2.05) is 30.3 Å². The molecule has 10 heteroatoms. The van der Waals surface area contributed by atoms with E-state index in [2.05, 4.69) is 9.82 Å². The van der Waals surface area contributed by atoms with E-state index < -0.39 is 25.9 Å². The predicted molar refractivity (Wildman–Crippen MR) is 114 cm³/mol. The molecule has 0 unspecified atom stereocenters. The minimum absolute atomic E-state index is 0.0584. The summed E-state index contributed by atoms with van der Waals surface area (Å²) in [6.45, 7) is 0. The molecule has 1 aliphatic rings. The molecule has 2 heterocycles. The fraction of sp³-hybridized carbons (Fsp3) is 0.250. The highest BCUT2D eigenvalue weighted by atomic mass is 32.2. The molecule has 0 amide bonds. The first-order chi connectivity index (χ1) is 14.3. The normalized spacial score (nSPS) is 18.2. The maximum Gasteiger partial charge on any atom is 0.263 e. The van der Waals surface area contributed by atoms with Crippen LogP contribution in [0, 0.1) is 0 Å². The van der Waals surface area contributed by atoms with E-state index in [0.717, 1.165) is 5.56 Å². The topological polar surface area (TPSA) is 107 Å². The summed E-state index contributed by atoms with van der Waals surface area (Å²) in [4.78, 5) is 0.0661. The van der Waals surface area contributed by atoms with Gasteiger partial charge < -0.3 is 4.74 Å². The van der Waals surface area contributed by atoms with Crippen molar-refractivity contribution in [2.24, 2.45) is 0 Å². The molecule has 1 N–H and O–H groups in total. The van der Waals surface area contributed by atoms with Gasteiger partial charge in [-0.25, -0.2) is 21.5 Å². The number of nitrogens with zero attached hydrogens (tertiary/aromatic N) is 2. The fourth-order valence-electron chi connectivity index (χ4n) is 3.42. The summed E-state index contributed by atoms with van der Waals surface area (Å²) in [6.07, 6.45) is 0.384. The average Bonchev–Trinajstić information content (AvgIpc) is 3.31. The number of nitrogens with one attached hydrogen (secondary N) is 1. The summed E-state index contributed by atoms with van der Waals surface area (Å²) >= 11 is 0. The fourth-order valence-corrected chi connectivity index (χ4v) is 6.15. The molecule has 0 spiro atoms. The van der Waals surface area contributed by atoms with E-state index in [4.69, 9.17) is 4.74 Å². The third-order valence-corrected chi connectivity index (χ3v) is 8.09. The lowest BCUT2D eigenvalue weighted by Crippen LogP contribution is -2.20. The molecule has 0 aliphatic carbocycles. The number of anilines is 1. The van der Waals surface area contributed by atoms with Crippen molar-refractivity contribution in [2.45, 2.75) is 17.4 Å². The highest BCUT2D eigenvalue weighted by Gasteiger charge is 2.32. The van der Waals surface area contributed by atoms with Crippen molar-refractivity contribution in [3.05, 3.63) is 60.7 Å². The van der Waals surface area contributed by atoms with E-state index in [-0.39, 0.29) is 22.2 Å². The average molecular weight is 448 g/mol. The maximum absolute atomic E-state index is 12.9.